The molecule has 0 amide bonds. The van der Waals surface area contributed by atoms with Crippen LogP contribution < -0.4 is 0 Å². The van der Waals surface area contributed by atoms with Crippen LogP contribution in [0.5, 0.6) is 0 Å². The smallest absolute Gasteiger partial charge is 0.347 e. The van der Waals surface area contributed by atoms with Crippen LogP contribution >= 0.6 is 0 Å². The predicted octanol–water partition coefficient (Wildman–Crippen LogP) is 5.60. The van der Waals surface area contributed by atoms with Gasteiger partial charge in [-0.15, -0.1) is 0 Å². The molecule has 10 heteroatoms. The lowest BCUT2D eigenvalue weighted by atomic mass is 9.40. The van der Waals surface area contributed by atoms with E-state index in [9.17, 15) is 24.0 Å². The van der Waals surface area contributed by atoms with Crippen LogP contribution in [-0.4, -0.2) is 49.0 Å². The van der Waals surface area contributed by atoms with Gasteiger partial charge in [-0.05, 0) is 57.6 Å². The Balaban J connectivity index is 1.74. The summed E-state index contributed by atoms with van der Waals surface area (Å²) in [7, 11) is 1.21. The number of esters is 4. The lowest BCUT2D eigenvalue weighted by molar-refractivity contribution is -0.217. The Hall–Kier alpha value is -3.69. The van der Waals surface area contributed by atoms with E-state index >= 15 is 0 Å². The number of cyclic esters (lactones) is 1. The maximum atomic E-state index is 14.8. The number of carbonyl (C=O) groups excluding carboxylic acids is 5. The van der Waals surface area contributed by atoms with Crippen LogP contribution in [-0.2, 0) is 42.9 Å². The van der Waals surface area contributed by atoms with Crippen molar-refractivity contribution in [3.05, 3.63) is 46.4 Å². The normalized spacial score (nSPS) is 34.0. The fourth-order valence-corrected chi connectivity index (χ4v) is 9.06. The van der Waals surface area contributed by atoms with Gasteiger partial charge in [0.1, 0.15) is 18.0 Å². The first kappa shape index (κ1) is 32.7. The highest BCUT2D eigenvalue weighted by molar-refractivity contribution is 5.94. The minimum absolute atomic E-state index is 0.0629. The van der Waals surface area contributed by atoms with E-state index < -0.39 is 64.3 Å². The molecule has 2 bridgehead atoms. The third-order valence-electron chi connectivity index (χ3n) is 11.3. The van der Waals surface area contributed by atoms with E-state index in [1.54, 1.807) is 39.4 Å². The largest absolute Gasteiger partial charge is 0.472 e. The van der Waals surface area contributed by atoms with E-state index in [1.165, 1.54) is 14.0 Å². The summed E-state index contributed by atoms with van der Waals surface area (Å²) in [4.78, 5) is 67.3. The molecule has 0 spiro atoms. The number of fused-ring (bicyclic) bond motifs is 5. The van der Waals surface area contributed by atoms with Crippen LogP contribution in [0.25, 0.3) is 0 Å². The zero-order chi connectivity index (χ0) is 33.2. The van der Waals surface area contributed by atoms with Gasteiger partial charge < -0.3 is 23.4 Å². The van der Waals surface area contributed by atoms with E-state index in [2.05, 4.69) is 6.92 Å². The molecule has 1 aromatic rings. The highest BCUT2D eigenvalue weighted by Gasteiger charge is 2.71. The second kappa shape index (κ2) is 11.3. The van der Waals surface area contributed by atoms with Gasteiger partial charge in [0.05, 0.1) is 32.0 Å². The molecule has 3 aliphatic carbocycles. The Morgan fingerprint density at radius 3 is 2.31 bits per heavy atom. The summed E-state index contributed by atoms with van der Waals surface area (Å²) in [5.41, 5.74) is 1.02. The molecule has 0 unspecified atom stereocenters. The first-order chi connectivity index (χ1) is 21.0. The second-order valence-electron chi connectivity index (χ2n) is 14.4. The van der Waals surface area contributed by atoms with E-state index in [0.717, 1.165) is 22.3 Å². The van der Waals surface area contributed by atoms with Gasteiger partial charge in [-0.25, -0.2) is 9.59 Å². The molecular formula is C35H44O10. The number of hydrogen-bond donors (Lipinski definition) is 0. The van der Waals surface area contributed by atoms with E-state index in [1.807, 2.05) is 20.8 Å². The molecule has 4 aliphatic rings. The summed E-state index contributed by atoms with van der Waals surface area (Å²) in [6.07, 6.45) is 1.70. The number of hydrogen-bond acceptors (Lipinski definition) is 10. The fourth-order valence-electron chi connectivity index (χ4n) is 9.06. The number of Topliss-reactive ketones (excluding diaryl/α,β-unsaturated/α-hetero) is 1. The third-order valence-corrected chi connectivity index (χ3v) is 11.3. The summed E-state index contributed by atoms with van der Waals surface area (Å²) in [6.45, 7) is 14.1. The van der Waals surface area contributed by atoms with Gasteiger partial charge in [0.2, 0.25) is 6.10 Å². The van der Waals surface area contributed by atoms with Crippen LogP contribution in [0.4, 0.5) is 0 Å². The van der Waals surface area contributed by atoms with Crippen molar-refractivity contribution in [1.82, 2.24) is 0 Å². The van der Waals surface area contributed by atoms with Crippen LogP contribution in [0.1, 0.15) is 92.7 Å². The number of allylic oxidation sites excluding steroid dienone is 2. The van der Waals surface area contributed by atoms with Crippen LogP contribution in [0.2, 0.25) is 0 Å². The maximum Gasteiger partial charge on any atom is 0.347 e. The Labute approximate surface area is 263 Å². The van der Waals surface area contributed by atoms with Crippen molar-refractivity contribution in [2.45, 2.75) is 99.4 Å². The molecule has 5 rings (SSSR count). The minimum Gasteiger partial charge on any atom is -0.472 e. The predicted molar refractivity (Wildman–Crippen MR) is 160 cm³/mol. The van der Waals surface area contributed by atoms with Gasteiger partial charge in [-0.1, -0.05) is 38.8 Å². The van der Waals surface area contributed by atoms with E-state index in [4.69, 9.17) is 23.4 Å². The summed E-state index contributed by atoms with van der Waals surface area (Å²) >= 11 is 0. The number of ketones is 1. The molecule has 1 saturated heterocycles. The van der Waals surface area contributed by atoms with Gasteiger partial charge in [0.15, 0.2) is 0 Å². The van der Waals surface area contributed by atoms with Gasteiger partial charge >= 0.3 is 23.9 Å². The highest BCUT2D eigenvalue weighted by Crippen LogP contribution is 2.68. The molecule has 0 radical (unpaired) electrons. The average molecular weight is 625 g/mol. The highest BCUT2D eigenvalue weighted by atomic mass is 16.6. The SMILES string of the molecule is COC(=O)[C@H](OC(C)=O)[C@H]1C(C)(C)[C@H](OC(=O)C(C)=C(C)C)[C@@H]2CC3=C4CC(=O)O[C@@H](c5ccoc5)[C@@]4(C)CC[C@H]3[C@@]1(C)C2=O. The Bertz CT molecular complexity index is 1490. The number of methoxy groups -OCH3 is 1. The Kier molecular flexibility index (Phi) is 8.20. The number of rotatable bonds is 6. The molecule has 0 N–H and O–H groups in total. The molecule has 1 aromatic heterocycles. The average Bonchev–Trinajstić information content (AvgIpc) is 3.50. The van der Waals surface area contributed by atoms with Crippen LogP contribution in [0.3, 0.4) is 0 Å². The zero-order valence-electron chi connectivity index (χ0n) is 27.6. The number of carbonyl (C=O) groups is 5. The first-order valence-corrected chi connectivity index (χ1v) is 15.6. The molecule has 244 valence electrons. The standard InChI is InChI=1S/C35H44O10/c1-17(2)18(3)31(39)45-30-22-14-21-23(10-12-34(7)24(21)15-25(37)44-29(34)20-11-13-42-16-20)35(8,28(22)38)27(33(30,5)6)26(32(40)41-9)43-19(4)36/h11,13,16,22-23,26-27,29-30H,10,12,14-15H2,1-9H3/t22-,23-,26-,27+,29+,30-,34+,35-/m1/s1. The van der Waals surface area contributed by atoms with Gasteiger partial charge in [0, 0.05) is 40.2 Å². The van der Waals surface area contributed by atoms with Crippen molar-refractivity contribution < 1.29 is 47.3 Å². The minimum atomic E-state index is -1.43. The quantitative estimate of drug-likeness (QED) is 0.170. The summed E-state index contributed by atoms with van der Waals surface area (Å²) in [6, 6.07) is 1.79. The fraction of sp³-hybridized carbons (Fsp3) is 0.629. The van der Waals surface area contributed by atoms with Crippen molar-refractivity contribution in [2.75, 3.05) is 7.11 Å². The van der Waals surface area contributed by atoms with Crippen molar-refractivity contribution in [3.63, 3.8) is 0 Å². The summed E-state index contributed by atoms with van der Waals surface area (Å²) in [5, 5.41) is 0. The molecule has 45 heavy (non-hydrogen) atoms. The van der Waals surface area contributed by atoms with Crippen LogP contribution in [0.15, 0.2) is 45.3 Å². The monoisotopic (exact) mass is 624 g/mol. The second-order valence-corrected chi connectivity index (χ2v) is 14.4. The Morgan fingerprint density at radius 1 is 1.04 bits per heavy atom. The van der Waals surface area contributed by atoms with E-state index in [0.29, 0.717) is 24.8 Å². The molecule has 2 saturated carbocycles. The maximum absolute atomic E-state index is 14.8. The van der Waals surface area contributed by atoms with Crippen LogP contribution in [0, 0.1) is 34.0 Å². The lowest BCUT2D eigenvalue weighted by Crippen LogP contribution is -2.70. The van der Waals surface area contributed by atoms with Crippen molar-refractivity contribution in [2.24, 2.45) is 34.0 Å². The molecule has 0 aromatic carbocycles. The first-order valence-electron chi connectivity index (χ1n) is 15.6. The number of furan rings is 1. The van der Waals surface area contributed by atoms with Crippen molar-refractivity contribution >= 4 is 29.7 Å². The summed E-state index contributed by atoms with van der Waals surface area (Å²) in [5.74, 6) is -4.59. The Morgan fingerprint density at radius 2 is 1.73 bits per heavy atom. The molecular weight excluding hydrogens is 580 g/mol. The van der Waals surface area contributed by atoms with Gasteiger partial charge in [0.25, 0.3) is 0 Å². The van der Waals surface area contributed by atoms with E-state index in [-0.39, 0.29) is 24.1 Å². The molecule has 10 nitrogen and oxygen atoms in total. The lowest BCUT2D eigenvalue weighted by Gasteiger charge is -2.64. The molecule has 2 heterocycles. The van der Waals surface area contributed by atoms with Crippen molar-refractivity contribution in [3.8, 4) is 0 Å². The third kappa shape index (κ3) is 4.95. The topological polar surface area (TPSA) is 135 Å². The zero-order valence-corrected chi connectivity index (χ0v) is 27.6. The number of ether oxygens (including phenoxy) is 4. The van der Waals surface area contributed by atoms with Crippen molar-refractivity contribution in [1.29, 1.82) is 0 Å². The van der Waals surface area contributed by atoms with Gasteiger partial charge in [-0.3, -0.25) is 14.4 Å². The summed E-state index contributed by atoms with van der Waals surface area (Å²) < 4.78 is 28.4. The van der Waals surface area contributed by atoms with Gasteiger partial charge in [-0.2, -0.15) is 0 Å². The molecule has 3 fully saturated rings. The molecule has 8 atom stereocenters. The molecule has 1 aliphatic heterocycles.